The summed E-state index contributed by atoms with van der Waals surface area (Å²) >= 11 is 0. The molecule has 0 bridgehead atoms. The van der Waals surface area contributed by atoms with E-state index in [1.807, 2.05) is 18.2 Å². The van der Waals surface area contributed by atoms with Crippen molar-refractivity contribution in [1.82, 2.24) is 0 Å². The number of nitrogens with zero attached hydrogens (tertiary/aromatic N) is 1. The Balaban J connectivity index is 0.00000144. The third-order valence-corrected chi connectivity index (χ3v) is 4.19. The molecule has 1 aliphatic carbocycles. The molecule has 1 fully saturated rings. The molecule has 0 atom stereocenters. The number of benzene rings is 2. The Labute approximate surface area is 154 Å². The minimum atomic E-state index is 0. The third kappa shape index (κ3) is 2.93. The van der Waals surface area contributed by atoms with Crippen LogP contribution in [0.25, 0.3) is 5.70 Å². The monoisotopic (exact) mass is 511 g/mol. The van der Waals surface area contributed by atoms with Gasteiger partial charge in [-0.25, -0.2) is 0 Å². The summed E-state index contributed by atoms with van der Waals surface area (Å²) in [7, 11) is 0. The van der Waals surface area contributed by atoms with E-state index in [0.29, 0.717) is 6.54 Å². The molecule has 1 saturated carbocycles. The van der Waals surface area contributed by atoms with Gasteiger partial charge in [-0.05, 0) is 22.9 Å². The van der Waals surface area contributed by atoms with Crippen LogP contribution < -0.4 is 5.73 Å². The second-order valence-corrected chi connectivity index (χ2v) is 5.70. The maximum Gasteiger partial charge on any atom is 0.0493 e. The van der Waals surface area contributed by atoms with E-state index < -0.39 is 0 Å². The zero-order valence-corrected chi connectivity index (χ0v) is 16.5. The predicted octanol–water partition coefficient (Wildman–Crippen LogP) is 3.51. The topological polar surface area (TPSA) is 38.4 Å². The number of hydrogen-bond donors (Lipinski definition) is 1. The fourth-order valence-electron chi connectivity index (χ4n) is 2.86. The molecule has 2 aliphatic rings. The van der Waals surface area contributed by atoms with Crippen LogP contribution in [0, 0.1) is 37.2 Å². The summed E-state index contributed by atoms with van der Waals surface area (Å²) in [5.41, 5.74) is 12.5. The normalized spacial score (nSPS) is 16.7. The van der Waals surface area contributed by atoms with Crippen LogP contribution in [0.4, 0.5) is 0 Å². The van der Waals surface area contributed by atoms with E-state index in [0.717, 1.165) is 34.0 Å². The second-order valence-electron chi connectivity index (χ2n) is 5.70. The molecule has 2 nitrogen and oxygen atoms in total. The van der Waals surface area contributed by atoms with Crippen molar-refractivity contribution in [2.45, 2.75) is 18.8 Å². The van der Waals surface area contributed by atoms with Crippen LogP contribution in [0.3, 0.4) is 0 Å². The summed E-state index contributed by atoms with van der Waals surface area (Å²) in [6, 6.07) is 18.1. The molecule has 22 heavy (non-hydrogen) atoms. The molecule has 0 radical (unpaired) electrons. The van der Waals surface area contributed by atoms with Crippen LogP contribution in [0.5, 0.6) is 0 Å². The van der Waals surface area contributed by atoms with Crippen LogP contribution >= 0.6 is 0 Å². The molecule has 0 aromatic heterocycles. The average Bonchev–Trinajstić information content (AvgIpc) is 3.36. The van der Waals surface area contributed by atoms with Gasteiger partial charge in [0.25, 0.3) is 0 Å². The zero-order chi connectivity index (χ0) is 14.2. The minimum Gasteiger partial charge on any atom is -0.398 e. The molecule has 0 amide bonds. The van der Waals surface area contributed by atoms with Gasteiger partial charge in [-0.2, -0.15) is 0 Å². The molecule has 0 spiro atoms. The summed E-state index contributed by atoms with van der Waals surface area (Å²) < 4.78 is 0. The van der Waals surface area contributed by atoms with Gasteiger partial charge in [-0.1, -0.05) is 43.0 Å². The van der Waals surface area contributed by atoms with Gasteiger partial charge in [0.1, 0.15) is 0 Å². The van der Waals surface area contributed by atoms with E-state index in [2.05, 4.69) is 36.4 Å². The molecule has 1 aliphatic heterocycles. The second kappa shape index (κ2) is 6.44. The van der Waals surface area contributed by atoms with Gasteiger partial charge in [-0.3, -0.25) is 0 Å². The molecule has 2 N–H and O–H groups in total. The molecule has 0 saturated heterocycles. The van der Waals surface area contributed by atoms with Crippen molar-refractivity contribution in [2.24, 2.45) is 10.7 Å². The van der Waals surface area contributed by atoms with E-state index in [9.17, 15) is 0 Å². The fourth-order valence-corrected chi connectivity index (χ4v) is 2.86. The first-order valence-electron chi connectivity index (χ1n) is 7.45. The van der Waals surface area contributed by atoms with Crippen LogP contribution in [0.15, 0.2) is 53.5 Å². The number of nitrogens with two attached hydrogens (primary N) is 1. The molecular weight excluding hydrogens is 494 g/mol. The molecule has 1 heterocycles. The quantitative estimate of drug-likeness (QED) is 0.617. The van der Waals surface area contributed by atoms with E-state index in [4.69, 9.17) is 10.7 Å². The summed E-state index contributed by atoms with van der Waals surface area (Å²) in [6.45, 7) is 0.619. The number of rotatable bonds is 2. The Hall–Kier alpha value is -1.30. The SMILES string of the molecule is NC1=CCN=C(c2[c-]cc(C3CC3)cc2)c2ccccc21.[U]. The fraction of sp³-hybridized carbons (Fsp3) is 0.211. The molecule has 3 heteroatoms. The standard InChI is InChI=1S/C19H17N2.U/c20-18-11-12-21-19(17-4-2-1-3-16(17)18)15-9-7-14(8-10-15)13-5-6-13;/h1-4,7-9,11,13H,5-6,12,20H2;/q-1;. The van der Waals surface area contributed by atoms with Crippen molar-refractivity contribution in [3.05, 3.63) is 76.9 Å². The summed E-state index contributed by atoms with van der Waals surface area (Å²) in [6.07, 6.45) is 4.61. The van der Waals surface area contributed by atoms with E-state index in [1.165, 1.54) is 18.4 Å². The maximum absolute atomic E-state index is 6.14. The van der Waals surface area contributed by atoms with Crippen LogP contribution in [0.2, 0.25) is 0 Å². The van der Waals surface area contributed by atoms with Crippen molar-refractivity contribution < 1.29 is 31.1 Å². The van der Waals surface area contributed by atoms with Gasteiger partial charge >= 0.3 is 0 Å². The van der Waals surface area contributed by atoms with E-state index in [1.54, 1.807) is 0 Å². The first kappa shape index (κ1) is 15.6. The molecule has 2 aromatic rings. The van der Waals surface area contributed by atoms with Crippen molar-refractivity contribution in [3.8, 4) is 0 Å². The number of aliphatic imine (C=N–C) groups is 1. The Morgan fingerprint density at radius 1 is 1.05 bits per heavy atom. The van der Waals surface area contributed by atoms with Crippen molar-refractivity contribution >= 4 is 11.4 Å². The first-order valence-corrected chi connectivity index (χ1v) is 7.45. The van der Waals surface area contributed by atoms with Gasteiger partial charge in [0.15, 0.2) is 0 Å². The predicted molar refractivity (Wildman–Crippen MR) is 86.4 cm³/mol. The van der Waals surface area contributed by atoms with Gasteiger partial charge in [0.05, 0.1) is 0 Å². The largest absolute Gasteiger partial charge is 0.398 e. The molecular formula is C19H17N2U-. The van der Waals surface area contributed by atoms with Crippen molar-refractivity contribution in [2.75, 3.05) is 6.54 Å². The average molecular weight is 511 g/mol. The van der Waals surface area contributed by atoms with E-state index >= 15 is 0 Å². The Kier molecular flexibility index (Phi) is 4.57. The minimum absolute atomic E-state index is 0. The Bertz CT molecular complexity index is 740. The van der Waals surface area contributed by atoms with Crippen molar-refractivity contribution in [3.63, 3.8) is 0 Å². The van der Waals surface area contributed by atoms with Crippen LogP contribution in [-0.4, -0.2) is 12.3 Å². The summed E-state index contributed by atoms with van der Waals surface area (Å²) in [4.78, 5) is 4.70. The Morgan fingerprint density at radius 3 is 2.50 bits per heavy atom. The van der Waals surface area contributed by atoms with Gasteiger partial charge in [0, 0.05) is 43.4 Å². The number of fused-ring (bicyclic) bond motifs is 1. The number of hydrogen-bond acceptors (Lipinski definition) is 2. The van der Waals surface area contributed by atoms with Crippen LogP contribution in [0.1, 0.15) is 41.0 Å². The molecule has 0 unspecified atom stereocenters. The van der Waals surface area contributed by atoms with Crippen LogP contribution in [-0.2, 0) is 0 Å². The molecule has 108 valence electrons. The zero-order valence-electron chi connectivity index (χ0n) is 12.3. The molecule has 4 rings (SSSR count). The smallest absolute Gasteiger partial charge is 0.0493 e. The van der Waals surface area contributed by atoms with Gasteiger partial charge < -0.3 is 10.7 Å². The summed E-state index contributed by atoms with van der Waals surface area (Å²) in [5.74, 6) is 0.760. The molecule has 2 aromatic carbocycles. The third-order valence-electron chi connectivity index (χ3n) is 4.19. The first-order chi connectivity index (χ1) is 10.3. The van der Waals surface area contributed by atoms with Gasteiger partial charge in [-0.15, -0.1) is 35.4 Å². The Morgan fingerprint density at radius 2 is 1.82 bits per heavy atom. The van der Waals surface area contributed by atoms with Crippen molar-refractivity contribution in [1.29, 1.82) is 0 Å². The summed E-state index contributed by atoms with van der Waals surface area (Å²) in [5, 5.41) is 0. The van der Waals surface area contributed by atoms with Gasteiger partial charge in [0.2, 0.25) is 0 Å². The van der Waals surface area contributed by atoms with E-state index in [-0.39, 0.29) is 31.1 Å². The maximum atomic E-state index is 6.14.